The Morgan fingerprint density at radius 1 is 1.08 bits per heavy atom. The van der Waals surface area contributed by atoms with Crippen LogP contribution in [0.1, 0.15) is 20.7 Å². The van der Waals surface area contributed by atoms with Crippen molar-refractivity contribution in [2.75, 3.05) is 32.1 Å². The molecule has 8 heteroatoms. The van der Waals surface area contributed by atoms with E-state index in [1.165, 1.54) is 12.1 Å². The molecule has 2 aromatic rings. The zero-order chi connectivity index (χ0) is 18.9. The SMILES string of the molecule is CN(C)c1ccc(C(=O)OCCN2C(=O)c3ccccc3S2(=O)=O)cc1. The maximum atomic E-state index is 12.4. The average Bonchev–Trinajstić information content (AvgIpc) is 2.82. The number of carbonyl (C=O) groups excluding carboxylic acids is 2. The third kappa shape index (κ3) is 3.15. The third-order valence-corrected chi connectivity index (χ3v) is 5.90. The molecule has 0 unspecified atom stereocenters. The number of carbonyl (C=O) groups is 2. The van der Waals surface area contributed by atoms with Crippen molar-refractivity contribution < 1.29 is 22.7 Å². The highest BCUT2D eigenvalue weighted by Gasteiger charge is 2.40. The number of sulfonamides is 1. The van der Waals surface area contributed by atoms with E-state index in [9.17, 15) is 18.0 Å². The number of benzene rings is 2. The molecule has 1 aliphatic heterocycles. The molecule has 1 heterocycles. The Morgan fingerprint density at radius 3 is 2.35 bits per heavy atom. The van der Waals surface area contributed by atoms with E-state index in [-0.39, 0.29) is 23.6 Å². The van der Waals surface area contributed by atoms with E-state index >= 15 is 0 Å². The molecule has 0 saturated heterocycles. The van der Waals surface area contributed by atoms with Crippen molar-refractivity contribution in [3.63, 3.8) is 0 Å². The quantitative estimate of drug-likeness (QED) is 0.742. The van der Waals surface area contributed by atoms with Crippen molar-refractivity contribution >= 4 is 27.6 Å². The van der Waals surface area contributed by atoms with Crippen molar-refractivity contribution in [1.82, 2.24) is 4.31 Å². The molecule has 0 radical (unpaired) electrons. The molecule has 3 rings (SSSR count). The molecule has 7 nitrogen and oxygen atoms in total. The van der Waals surface area contributed by atoms with Gasteiger partial charge in [0.2, 0.25) is 0 Å². The van der Waals surface area contributed by atoms with Gasteiger partial charge in [-0.25, -0.2) is 17.5 Å². The Balaban J connectivity index is 1.63. The lowest BCUT2D eigenvalue weighted by molar-refractivity contribution is 0.0478. The molecule has 0 fully saturated rings. The standard InChI is InChI=1S/C18H18N2O5S/c1-19(2)14-9-7-13(8-10-14)18(22)25-12-11-20-17(21)15-5-3-4-6-16(15)26(20,23)24/h3-10H,11-12H2,1-2H3. The van der Waals surface area contributed by atoms with Gasteiger partial charge in [-0.3, -0.25) is 4.79 Å². The van der Waals surface area contributed by atoms with Crippen molar-refractivity contribution in [2.24, 2.45) is 0 Å². The molecule has 136 valence electrons. The van der Waals surface area contributed by atoms with Gasteiger partial charge in [-0.15, -0.1) is 0 Å². The van der Waals surface area contributed by atoms with E-state index in [1.54, 1.807) is 36.4 Å². The second-order valence-electron chi connectivity index (χ2n) is 5.96. The van der Waals surface area contributed by atoms with Crippen molar-refractivity contribution in [3.05, 3.63) is 59.7 Å². The number of nitrogens with zero attached hydrogens (tertiary/aromatic N) is 2. The summed E-state index contributed by atoms with van der Waals surface area (Å²) >= 11 is 0. The highest BCUT2D eigenvalue weighted by molar-refractivity contribution is 7.90. The zero-order valence-corrected chi connectivity index (χ0v) is 15.2. The highest BCUT2D eigenvalue weighted by Crippen LogP contribution is 2.29. The summed E-state index contributed by atoms with van der Waals surface area (Å²) in [6.07, 6.45) is 0. The van der Waals surface area contributed by atoms with Crippen LogP contribution in [0.25, 0.3) is 0 Å². The first-order valence-corrected chi connectivity index (χ1v) is 9.37. The van der Waals surface area contributed by atoms with Crippen LogP contribution < -0.4 is 4.90 Å². The number of fused-ring (bicyclic) bond motifs is 1. The van der Waals surface area contributed by atoms with Crippen LogP contribution in [0.15, 0.2) is 53.4 Å². The molecule has 26 heavy (non-hydrogen) atoms. The molecule has 2 aromatic carbocycles. The van der Waals surface area contributed by atoms with E-state index in [0.29, 0.717) is 5.56 Å². The summed E-state index contributed by atoms with van der Waals surface area (Å²) in [5.41, 5.74) is 1.43. The van der Waals surface area contributed by atoms with Crippen molar-refractivity contribution in [3.8, 4) is 0 Å². The summed E-state index contributed by atoms with van der Waals surface area (Å²) in [6.45, 7) is -0.440. The molecule has 0 spiro atoms. The molecule has 0 saturated carbocycles. The average molecular weight is 374 g/mol. The number of hydrogen-bond donors (Lipinski definition) is 0. The normalized spacial score (nSPS) is 14.8. The van der Waals surface area contributed by atoms with Gasteiger partial charge in [-0.05, 0) is 36.4 Å². The smallest absolute Gasteiger partial charge is 0.338 e. The second-order valence-corrected chi connectivity index (χ2v) is 7.79. The van der Waals surface area contributed by atoms with Gasteiger partial charge < -0.3 is 9.64 Å². The van der Waals surface area contributed by atoms with E-state index in [2.05, 4.69) is 0 Å². The minimum atomic E-state index is -3.89. The number of esters is 1. The fraction of sp³-hybridized carbons (Fsp3) is 0.222. The first-order chi connectivity index (χ1) is 12.3. The van der Waals surface area contributed by atoms with Crippen LogP contribution >= 0.6 is 0 Å². The molecular weight excluding hydrogens is 356 g/mol. The fourth-order valence-electron chi connectivity index (χ4n) is 2.65. The van der Waals surface area contributed by atoms with E-state index in [1.807, 2.05) is 19.0 Å². The largest absolute Gasteiger partial charge is 0.460 e. The molecule has 0 aromatic heterocycles. The van der Waals surface area contributed by atoms with Gasteiger partial charge in [-0.2, -0.15) is 0 Å². The lowest BCUT2D eigenvalue weighted by Gasteiger charge is -2.15. The Morgan fingerprint density at radius 2 is 1.73 bits per heavy atom. The number of hydrogen-bond acceptors (Lipinski definition) is 6. The molecule has 0 N–H and O–H groups in total. The van der Waals surface area contributed by atoms with Crippen molar-refractivity contribution in [1.29, 1.82) is 0 Å². The Labute approximate surface area is 151 Å². The van der Waals surface area contributed by atoms with Crippen LogP contribution in [0.3, 0.4) is 0 Å². The third-order valence-electron chi connectivity index (χ3n) is 4.06. The number of rotatable bonds is 5. The topological polar surface area (TPSA) is 84.0 Å². The number of anilines is 1. The fourth-order valence-corrected chi connectivity index (χ4v) is 4.21. The van der Waals surface area contributed by atoms with Gasteiger partial charge in [0.05, 0.1) is 17.7 Å². The summed E-state index contributed by atoms with van der Waals surface area (Å²) < 4.78 is 30.7. The van der Waals surface area contributed by atoms with Crippen LogP contribution in [0.4, 0.5) is 5.69 Å². The predicted octanol–water partition coefficient (Wildman–Crippen LogP) is 1.75. The summed E-state index contributed by atoms with van der Waals surface area (Å²) in [5.74, 6) is -1.18. The second kappa shape index (κ2) is 6.80. The molecule has 0 aliphatic carbocycles. The Hall–Kier alpha value is -2.87. The zero-order valence-electron chi connectivity index (χ0n) is 14.4. The van der Waals surface area contributed by atoms with Gasteiger partial charge in [0, 0.05) is 19.8 Å². The molecule has 1 aliphatic rings. The Bertz CT molecular complexity index is 952. The van der Waals surface area contributed by atoms with Crippen LogP contribution in [-0.2, 0) is 14.8 Å². The van der Waals surface area contributed by atoms with Gasteiger partial charge >= 0.3 is 5.97 Å². The van der Waals surface area contributed by atoms with Crippen LogP contribution in [0.2, 0.25) is 0 Å². The minimum absolute atomic E-state index is 0.0180. The first kappa shape index (κ1) is 17.9. The molecule has 0 atom stereocenters. The molecular formula is C18H18N2O5S. The molecule has 0 bridgehead atoms. The lowest BCUT2D eigenvalue weighted by atomic mass is 10.2. The minimum Gasteiger partial charge on any atom is -0.460 e. The lowest BCUT2D eigenvalue weighted by Crippen LogP contribution is -2.33. The molecule has 1 amide bonds. The number of amides is 1. The maximum Gasteiger partial charge on any atom is 0.338 e. The van der Waals surface area contributed by atoms with Crippen LogP contribution in [0.5, 0.6) is 0 Å². The van der Waals surface area contributed by atoms with E-state index < -0.39 is 21.9 Å². The van der Waals surface area contributed by atoms with Gasteiger partial charge in [0.1, 0.15) is 11.5 Å². The van der Waals surface area contributed by atoms with Gasteiger partial charge in [0.15, 0.2) is 0 Å². The summed E-state index contributed by atoms with van der Waals surface area (Å²) in [7, 11) is -0.111. The highest BCUT2D eigenvalue weighted by atomic mass is 32.2. The van der Waals surface area contributed by atoms with Crippen LogP contribution in [-0.4, -0.2) is 51.8 Å². The monoisotopic (exact) mass is 374 g/mol. The van der Waals surface area contributed by atoms with E-state index in [0.717, 1.165) is 9.99 Å². The van der Waals surface area contributed by atoms with Crippen molar-refractivity contribution in [2.45, 2.75) is 4.90 Å². The van der Waals surface area contributed by atoms with Gasteiger partial charge in [-0.1, -0.05) is 12.1 Å². The summed E-state index contributed by atoms with van der Waals surface area (Å²) in [5, 5.41) is 0. The Kier molecular flexibility index (Phi) is 4.69. The van der Waals surface area contributed by atoms with E-state index in [4.69, 9.17) is 4.74 Å². The predicted molar refractivity (Wildman–Crippen MR) is 95.7 cm³/mol. The first-order valence-electron chi connectivity index (χ1n) is 7.93. The summed E-state index contributed by atoms with van der Waals surface area (Å²) in [6, 6.07) is 12.8. The number of ether oxygens (including phenoxy) is 1. The summed E-state index contributed by atoms with van der Waals surface area (Å²) in [4.78, 5) is 26.2. The maximum absolute atomic E-state index is 12.4. The van der Waals surface area contributed by atoms with Crippen LogP contribution in [0, 0.1) is 0 Å². The van der Waals surface area contributed by atoms with Gasteiger partial charge in [0.25, 0.3) is 15.9 Å².